The van der Waals surface area contributed by atoms with Crippen LogP contribution in [0.4, 0.5) is 0 Å². The molecular formula is C9H12O. The molecule has 1 aliphatic rings. The maximum absolute atomic E-state index is 9.94. The molecule has 0 fully saturated rings. The van der Waals surface area contributed by atoms with E-state index in [2.05, 4.69) is 12.2 Å². The van der Waals surface area contributed by atoms with E-state index in [4.69, 9.17) is 0 Å². The highest BCUT2D eigenvalue weighted by atomic mass is 16.1. The van der Waals surface area contributed by atoms with Crippen molar-refractivity contribution in [1.82, 2.24) is 0 Å². The van der Waals surface area contributed by atoms with E-state index in [0.29, 0.717) is 5.92 Å². The minimum atomic E-state index is 0.513. The second-order valence-electron chi connectivity index (χ2n) is 2.54. The van der Waals surface area contributed by atoms with E-state index in [1.54, 1.807) is 6.08 Å². The SMILES string of the molecule is O=C/C=C/C1C=CCCC1. The third-order valence-corrected chi connectivity index (χ3v) is 1.73. The van der Waals surface area contributed by atoms with Gasteiger partial charge in [0.25, 0.3) is 0 Å². The third-order valence-electron chi connectivity index (χ3n) is 1.73. The highest BCUT2D eigenvalue weighted by Gasteiger charge is 2.02. The van der Waals surface area contributed by atoms with Crippen LogP contribution < -0.4 is 0 Å². The lowest BCUT2D eigenvalue weighted by molar-refractivity contribution is -0.104. The Morgan fingerprint density at radius 2 is 2.40 bits per heavy atom. The Kier molecular flexibility index (Phi) is 2.94. The molecule has 1 unspecified atom stereocenters. The number of carbonyl (C=O) groups is 1. The standard InChI is InChI=1S/C9H12O/c10-8-4-7-9-5-2-1-3-6-9/h2,4-5,7-9H,1,3,6H2/b7-4+. The molecule has 54 valence electrons. The summed E-state index contributed by atoms with van der Waals surface area (Å²) in [4.78, 5) is 9.94. The molecule has 0 aromatic heterocycles. The molecule has 0 aromatic carbocycles. The van der Waals surface area contributed by atoms with Crippen LogP contribution in [0.1, 0.15) is 19.3 Å². The van der Waals surface area contributed by atoms with Crippen LogP contribution in [0.2, 0.25) is 0 Å². The van der Waals surface area contributed by atoms with Gasteiger partial charge in [-0.15, -0.1) is 0 Å². The zero-order chi connectivity index (χ0) is 7.23. The fourth-order valence-electron chi connectivity index (χ4n) is 1.19. The Balaban J connectivity index is 2.39. The molecule has 0 bridgehead atoms. The number of aldehydes is 1. The maximum atomic E-state index is 9.94. The summed E-state index contributed by atoms with van der Waals surface area (Å²) in [5.74, 6) is 0.513. The Morgan fingerprint density at radius 3 is 3.00 bits per heavy atom. The van der Waals surface area contributed by atoms with Gasteiger partial charge in [0.15, 0.2) is 0 Å². The fraction of sp³-hybridized carbons (Fsp3) is 0.444. The molecule has 0 heterocycles. The van der Waals surface area contributed by atoms with Gasteiger partial charge in [0.2, 0.25) is 0 Å². The summed E-state index contributed by atoms with van der Waals surface area (Å²) < 4.78 is 0. The van der Waals surface area contributed by atoms with Gasteiger partial charge in [0.1, 0.15) is 6.29 Å². The minimum Gasteiger partial charge on any atom is -0.299 e. The first-order valence-electron chi connectivity index (χ1n) is 3.72. The van der Waals surface area contributed by atoms with E-state index in [1.165, 1.54) is 19.3 Å². The van der Waals surface area contributed by atoms with Crippen molar-refractivity contribution in [2.75, 3.05) is 0 Å². The Hall–Kier alpha value is -0.850. The highest BCUT2D eigenvalue weighted by molar-refractivity contribution is 5.64. The molecule has 0 aliphatic heterocycles. The summed E-state index contributed by atoms with van der Waals surface area (Å²) in [6, 6.07) is 0. The molecule has 0 aromatic rings. The number of rotatable bonds is 2. The maximum Gasteiger partial charge on any atom is 0.142 e. The zero-order valence-corrected chi connectivity index (χ0v) is 5.99. The Morgan fingerprint density at radius 1 is 1.50 bits per heavy atom. The van der Waals surface area contributed by atoms with Crippen LogP contribution in [0.25, 0.3) is 0 Å². The van der Waals surface area contributed by atoms with E-state index < -0.39 is 0 Å². The monoisotopic (exact) mass is 136 g/mol. The van der Waals surface area contributed by atoms with Crippen molar-refractivity contribution in [3.05, 3.63) is 24.3 Å². The lowest BCUT2D eigenvalue weighted by Gasteiger charge is -2.10. The van der Waals surface area contributed by atoms with Crippen molar-refractivity contribution in [2.24, 2.45) is 5.92 Å². The van der Waals surface area contributed by atoms with Gasteiger partial charge in [-0.1, -0.05) is 18.2 Å². The third kappa shape index (κ3) is 2.18. The van der Waals surface area contributed by atoms with Crippen molar-refractivity contribution in [3.63, 3.8) is 0 Å². The fourth-order valence-corrected chi connectivity index (χ4v) is 1.19. The van der Waals surface area contributed by atoms with Crippen LogP contribution >= 0.6 is 0 Å². The van der Waals surface area contributed by atoms with Gasteiger partial charge in [-0.2, -0.15) is 0 Å². The quantitative estimate of drug-likeness (QED) is 0.323. The summed E-state index contributed by atoms with van der Waals surface area (Å²) >= 11 is 0. The van der Waals surface area contributed by atoms with E-state index >= 15 is 0 Å². The van der Waals surface area contributed by atoms with E-state index in [0.717, 1.165) is 6.29 Å². The van der Waals surface area contributed by atoms with Gasteiger partial charge in [-0.3, -0.25) is 4.79 Å². The summed E-state index contributed by atoms with van der Waals surface area (Å²) in [6.45, 7) is 0. The predicted molar refractivity (Wildman–Crippen MR) is 41.7 cm³/mol. The van der Waals surface area contributed by atoms with Gasteiger partial charge < -0.3 is 0 Å². The van der Waals surface area contributed by atoms with Gasteiger partial charge >= 0.3 is 0 Å². The van der Waals surface area contributed by atoms with Crippen LogP contribution in [0.3, 0.4) is 0 Å². The summed E-state index contributed by atoms with van der Waals surface area (Å²) in [6.07, 6.45) is 12.4. The molecule has 1 aliphatic carbocycles. The lowest BCUT2D eigenvalue weighted by Crippen LogP contribution is -1.95. The molecule has 1 rings (SSSR count). The van der Waals surface area contributed by atoms with Crippen molar-refractivity contribution in [1.29, 1.82) is 0 Å². The molecule has 10 heavy (non-hydrogen) atoms. The molecule has 0 saturated carbocycles. The van der Waals surface area contributed by atoms with Crippen LogP contribution in [0, 0.1) is 5.92 Å². The first kappa shape index (κ1) is 7.26. The topological polar surface area (TPSA) is 17.1 Å². The van der Waals surface area contributed by atoms with E-state index in [9.17, 15) is 4.79 Å². The molecule has 0 amide bonds. The second-order valence-corrected chi connectivity index (χ2v) is 2.54. The van der Waals surface area contributed by atoms with Crippen molar-refractivity contribution >= 4 is 6.29 Å². The summed E-state index contributed by atoms with van der Waals surface area (Å²) in [7, 11) is 0. The van der Waals surface area contributed by atoms with Gasteiger partial charge in [0.05, 0.1) is 0 Å². The van der Waals surface area contributed by atoms with Crippen molar-refractivity contribution < 1.29 is 4.79 Å². The molecule has 0 saturated heterocycles. The number of carbonyl (C=O) groups excluding carboxylic acids is 1. The zero-order valence-electron chi connectivity index (χ0n) is 5.99. The Bertz CT molecular complexity index is 156. The van der Waals surface area contributed by atoms with Crippen LogP contribution in [-0.2, 0) is 4.79 Å². The van der Waals surface area contributed by atoms with Crippen molar-refractivity contribution in [3.8, 4) is 0 Å². The summed E-state index contributed by atoms with van der Waals surface area (Å²) in [5, 5.41) is 0. The van der Waals surface area contributed by atoms with Gasteiger partial charge in [-0.05, 0) is 31.3 Å². The Labute approximate surface area is 61.4 Å². The number of hydrogen-bond acceptors (Lipinski definition) is 1. The largest absolute Gasteiger partial charge is 0.299 e. The van der Waals surface area contributed by atoms with E-state index in [1.807, 2.05) is 6.08 Å². The lowest BCUT2D eigenvalue weighted by atomic mass is 9.96. The molecular weight excluding hydrogens is 124 g/mol. The van der Waals surface area contributed by atoms with Gasteiger partial charge in [0, 0.05) is 0 Å². The number of allylic oxidation sites excluding steroid dienone is 4. The molecule has 0 N–H and O–H groups in total. The second kappa shape index (κ2) is 4.04. The predicted octanol–water partition coefficient (Wildman–Crippen LogP) is 2.10. The average Bonchev–Trinajstić information content (AvgIpc) is 2.03. The molecule has 1 heteroatoms. The normalized spacial score (nSPS) is 25.4. The van der Waals surface area contributed by atoms with Crippen LogP contribution in [-0.4, -0.2) is 6.29 Å². The molecule has 1 nitrogen and oxygen atoms in total. The minimum absolute atomic E-state index is 0.513. The molecule has 0 spiro atoms. The van der Waals surface area contributed by atoms with Crippen LogP contribution in [0.15, 0.2) is 24.3 Å². The first-order chi connectivity index (χ1) is 4.93. The first-order valence-corrected chi connectivity index (χ1v) is 3.72. The van der Waals surface area contributed by atoms with Crippen LogP contribution in [0.5, 0.6) is 0 Å². The highest BCUT2D eigenvalue weighted by Crippen LogP contribution is 2.17. The summed E-state index contributed by atoms with van der Waals surface area (Å²) in [5.41, 5.74) is 0. The number of hydrogen-bond donors (Lipinski definition) is 0. The molecule has 0 radical (unpaired) electrons. The van der Waals surface area contributed by atoms with Gasteiger partial charge in [-0.25, -0.2) is 0 Å². The van der Waals surface area contributed by atoms with E-state index in [-0.39, 0.29) is 0 Å². The smallest absolute Gasteiger partial charge is 0.142 e. The molecule has 1 atom stereocenters. The van der Waals surface area contributed by atoms with Crippen molar-refractivity contribution in [2.45, 2.75) is 19.3 Å². The average molecular weight is 136 g/mol.